The van der Waals surface area contributed by atoms with Crippen molar-refractivity contribution in [2.75, 3.05) is 32.1 Å². The molecule has 1 amide bonds. The lowest BCUT2D eigenvalue weighted by Gasteiger charge is -2.21. The van der Waals surface area contributed by atoms with E-state index in [0.717, 1.165) is 18.5 Å². The molecule has 3 rings (SSSR count). The van der Waals surface area contributed by atoms with Crippen LogP contribution in [0.1, 0.15) is 30.1 Å². The predicted molar refractivity (Wildman–Crippen MR) is 101 cm³/mol. The summed E-state index contributed by atoms with van der Waals surface area (Å²) in [5, 5.41) is 3.07. The van der Waals surface area contributed by atoms with Gasteiger partial charge in [-0.05, 0) is 29.8 Å². The van der Waals surface area contributed by atoms with Gasteiger partial charge in [0.05, 0.1) is 12.2 Å². The van der Waals surface area contributed by atoms with Crippen molar-refractivity contribution in [2.45, 2.75) is 25.4 Å². The van der Waals surface area contributed by atoms with Gasteiger partial charge in [0.15, 0.2) is 6.54 Å². The normalized spacial score (nSPS) is 19.8. The number of benzene rings is 1. The zero-order valence-corrected chi connectivity index (χ0v) is 15.5. The van der Waals surface area contributed by atoms with Gasteiger partial charge < -0.3 is 19.7 Å². The predicted octanol–water partition coefficient (Wildman–Crippen LogP) is 1.13. The first-order valence-corrected chi connectivity index (χ1v) is 9.03. The summed E-state index contributed by atoms with van der Waals surface area (Å²) < 4.78 is 2.18. The van der Waals surface area contributed by atoms with E-state index < -0.39 is 0 Å². The minimum Gasteiger partial charge on any atom is -0.378 e. The lowest BCUT2D eigenvalue weighted by molar-refractivity contribution is -0.911. The number of carbonyl (C=O) groups is 1. The van der Waals surface area contributed by atoms with Crippen molar-refractivity contribution in [3.8, 4) is 0 Å². The van der Waals surface area contributed by atoms with Crippen molar-refractivity contribution in [3.63, 3.8) is 0 Å². The maximum atomic E-state index is 12.4. The second-order valence-corrected chi connectivity index (χ2v) is 7.16. The van der Waals surface area contributed by atoms with Crippen molar-refractivity contribution in [2.24, 2.45) is 7.05 Å². The molecule has 0 spiro atoms. The molecule has 0 aliphatic carbocycles. The van der Waals surface area contributed by atoms with Crippen LogP contribution in [0.3, 0.4) is 0 Å². The van der Waals surface area contributed by atoms with E-state index in [1.54, 1.807) is 0 Å². The Balaban J connectivity index is 1.53. The van der Waals surface area contributed by atoms with Gasteiger partial charge in [-0.25, -0.2) is 0 Å². The maximum absolute atomic E-state index is 12.4. The fourth-order valence-electron chi connectivity index (χ4n) is 3.70. The zero-order valence-electron chi connectivity index (χ0n) is 15.5. The highest BCUT2D eigenvalue weighted by Crippen LogP contribution is 2.18. The van der Waals surface area contributed by atoms with Crippen LogP contribution in [0.4, 0.5) is 5.69 Å². The number of likely N-dealkylation sites (tertiary alicyclic amines) is 1. The number of quaternary nitrogens is 1. The van der Waals surface area contributed by atoms with Gasteiger partial charge in [-0.3, -0.25) is 4.79 Å². The van der Waals surface area contributed by atoms with Gasteiger partial charge in [0.2, 0.25) is 0 Å². The zero-order chi connectivity index (χ0) is 17.8. The molecular formula is C20H29N4O+. The largest absolute Gasteiger partial charge is 0.378 e. The number of rotatable bonds is 6. The van der Waals surface area contributed by atoms with Crippen LogP contribution in [0.25, 0.3) is 0 Å². The molecule has 134 valence electrons. The van der Waals surface area contributed by atoms with Crippen LogP contribution >= 0.6 is 0 Å². The van der Waals surface area contributed by atoms with E-state index in [1.807, 2.05) is 14.1 Å². The first kappa shape index (κ1) is 17.5. The molecule has 5 nitrogen and oxygen atoms in total. The number of hydrogen-bond acceptors (Lipinski definition) is 2. The van der Waals surface area contributed by atoms with Gasteiger partial charge in [0.1, 0.15) is 6.04 Å². The van der Waals surface area contributed by atoms with E-state index in [2.05, 4.69) is 64.4 Å². The molecule has 1 fully saturated rings. The topological polar surface area (TPSA) is 41.7 Å². The molecule has 1 unspecified atom stereocenters. The molecule has 1 aromatic heterocycles. The monoisotopic (exact) mass is 341 g/mol. The fraction of sp³-hybridized carbons (Fsp3) is 0.450. The third-order valence-electron chi connectivity index (χ3n) is 5.15. The summed E-state index contributed by atoms with van der Waals surface area (Å²) in [6.45, 7) is 2.21. The van der Waals surface area contributed by atoms with E-state index in [0.29, 0.717) is 19.1 Å². The third-order valence-corrected chi connectivity index (χ3v) is 5.15. The second kappa shape index (κ2) is 7.74. The Morgan fingerprint density at radius 1 is 1.28 bits per heavy atom. The summed E-state index contributed by atoms with van der Waals surface area (Å²) in [6.07, 6.45) is 4.43. The van der Waals surface area contributed by atoms with E-state index >= 15 is 0 Å². The van der Waals surface area contributed by atoms with Crippen LogP contribution in [0.2, 0.25) is 0 Å². The Bertz CT molecular complexity index is 705. The number of carbonyl (C=O) groups excluding carboxylic acids is 1. The molecule has 1 aliphatic heterocycles. The van der Waals surface area contributed by atoms with Crippen LogP contribution in [0, 0.1) is 0 Å². The van der Waals surface area contributed by atoms with Crippen LogP contribution < -0.4 is 15.1 Å². The van der Waals surface area contributed by atoms with Gasteiger partial charge in [0.25, 0.3) is 5.91 Å². The number of hydrogen-bond donors (Lipinski definition) is 2. The minimum absolute atomic E-state index is 0.132. The molecule has 25 heavy (non-hydrogen) atoms. The Kier molecular flexibility index (Phi) is 5.43. The standard InChI is InChI=1S/C20H28N4O/c1-22(2)17-10-8-16(9-11-17)14-21-20(25)15-24-13-5-7-19(24)18-6-4-12-23(18)3/h4,6,8-12,19H,5,7,13-15H2,1-3H3,(H,21,25)/p+1/t19-/m0/s1. The maximum Gasteiger partial charge on any atom is 0.275 e. The number of aromatic nitrogens is 1. The van der Waals surface area contributed by atoms with Crippen molar-refractivity contribution in [1.82, 2.24) is 9.88 Å². The van der Waals surface area contributed by atoms with Gasteiger partial charge in [-0.15, -0.1) is 0 Å². The molecule has 0 bridgehead atoms. The number of anilines is 1. The molecule has 1 saturated heterocycles. The average molecular weight is 341 g/mol. The lowest BCUT2D eigenvalue weighted by Crippen LogP contribution is -3.11. The smallest absolute Gasteiger partial charge is 0.275 e. The van der Waals surface area contributed by atoms with Gasteiger partial charge in [-0.2, -0.15) is 0 Å². The molecule has 5 heteroatoms. The highest BCUT2D eigenvalue weighted by atomic mass is 16.2. The Morgan fingerprint density at radius 3 is 2.68 bits per heavy atom. The van der Waals surface area contributed by atoms with Crippen LogP contribution in [0.5, 0.6) is 0 Å². The lowest BCUT2D eigenvalue weighted by atomic mass is 10.1. The molecule has 2 N–H and O–H groups in total. The molecule has 2 aromatic rings. The van der Waals surface area contributed by atoms with E-state index in [4.69, 9.17) is 0 Å². The summed E-state index contributed by atoms with van der Waals surface area (Å²) >= 11 is 0. The molecule has 1 aromatic carbocycles. The summed E-state index contributed by atoms with van der Waals surface area (Å²) in [7, 11) is 6.14. The Labute approximate surface area is 150 Å². The molecule has 2 atom stereocenters. The summed E-state index contributed by atoms with van der Waals surface area (Å²) in [5.74, 6) is 0.132. The first-order chi connectivity index (χ1) is 12.0. The summed E-state index contributed by atoms with van der Waals surface area (Å²) in [6, 6.07) is 13.0. The fourth-order valence-corrected chi connectivity index (χ4v) is 3.70. The van der Waals surface area contributed by atoms with Crippen molar-refractivity contribution in [1.29, 1.82) is 0 Å². The molecule has 0 radical (unpaired) electrons. The molecule has 0 saturated carbocycles. The quantitative estimate of drug-likeness (QED) is 0.827. The highest BCUT2D eigenvalue weighted by Gasteiger charge is 2.32. The van der Waals surface area contributed by atoms with Gasteiger partial charge >= 0.3 is 0 Å². The number of nitrogens with one attached hydrogen (secondary N) is 2. The van der Waals surface area contributed by atoms with Crippen molar-refractivity contribution >= 4 is 11.6 Å². The number of amides is 1. The van der Waals surface area contributed by atoms with Crippen LogP contribution in [0.15, 0.2) is 42.6 Å². The third kappa shape index (κ3) is 4.23. The SMILES string of the molecule is CN(C)c1ccc(CNC(=O)C[NH+]2CCC[C@H]2c2cccn2C)cc1. The Hall–Kier alpha value is -2.27. The number of aryl methyl sites for hydroxylation is 1. The van der Waals surface area contributed by atoms with Crippen LogP contribution in [-0.2, 0) is 18.4 Å². The average Bonchev–Trinajstić information content (AvgIpc) is 3.21. The van der Waals surface area contributed by atoms with Gasteiger partial charge in [-0.1, -0.05) is 12.1 Å². The Morgan fingerprint density at radius 2 is 2.04 bits per heavy atom. The minimum atomic E-state index is 0.132. The first-order valence-electron chi connectivity index (χ1n) is 9.03. The summed E-state index contributed by atoms with van der Waals surface area (Å²) in [4.78, 5) is 15.8. The number of nitrogens with zero attached hydrogens (tertiary/aromatic N) is 2. The molecule has 2 heterocycles. The van der Waals surface area contributed by atoms with E-state index in [9.17, 15) is 4.79 Å². The second-order valence-electron chi connectivity index (χ2n) is 7.16. The van der Waals surface area contributed by atoms with Crippen molar-refractivity contribution < 1.29 is 9.69 Å². The van der Waals surface area contributed by atoms with E-state index in [1.165, 1.54) is 22.7 Å². The molecular weight excluding hydrogens is 312 g/mol. The van der Waals surface area contributed by atoms with Crippen molar-refractivity contribution in [3.05, 3.63) is 53.9 Å². The summed E-state index contributed by atoms with van der Waals surface area (Å²) in [5.41, 5.74) is 3.64. The van der Waals surface area contributed by atoms with E-state index in [-0.39, 0.29) is 5.91 Å². The van der Waals surface area contributed by atoms with Gasteiger partial charge in [0, 0.05) is 52.4 Å². The molecule has 1 aliphatic rings. The highest BCUT2D eigenvalue weighted by molar-refractivity contribution is 5.76. The van der Waals surface area contributed by atoms with Crippen LogP contribution in [-0.4, -0.2) is 37.7 Å².